The number of benzene rings is 3. The Hall–Kier alpha value is -3.47. The molecule has 0 spiro atoms. The summed E-state index contributed by atoms with van der Waals surface area (Å²) in [6.45, 7) is 0. The first kappa shape index (κ1) is 17.0. The van der Waals surface area contributed by atoms with Gasteiger partial charge in [-0.05, 0) is 24.3 Å². The maximum atomic E-state index is 13.0. The molecule has 1 aliphatic carbocycles. The Morgan fingerprint density at radius 1 is 0.889 bits per heavy atom. The SMILES string of the molecule is COc1ccc(N)c(-c2c3c(=O)cc(OC)cc-3n(C)c3ccccc23)c1. The Morgan fingerprint density at radius 2 is 1.63 bits per heavy atom. The van der Waals surface area contributed by atoms with Gasteiger partial charge in [-0.1, -0.05) is 18.2 Å². The van der Waals surface area contributed by atoms with E-state index in [1.165, 1.54) is 6.07 Å². The van der Waals surface area contributed by atoms with Crippen LogP contribution in [0.4, 0.5) is 5.69 Å². The lowest BCUT2D eigenvalue weighted by molar-refractivity contribution is 0.414. The normalized spacial score (nSPS) is 11.1. The number of nitrogens with zero attached hydrogens (tertiary/aromatic N) is 1. The number of methoxy groups -OCH3 is 2. The lowest BCUT2D eigenvalue weighted by Gasteiger charge is -2.22. The van der Waals surface area contributed by atoms with Gasteiger partial charge >= 0.3 is 0 Å². The van der Waals surface area contributed by atoms with Crippen molar-refractivity contribution in [2.75, 3.05) is 20.0 Å². The Labute approximate surface area is 156 Å². The molecular formula is C22H20N2O3. The van der Waals surface area contributed by atoms with Gasteiger partial charge in [-0.2, -0.15) is 0 Å². The first-order valence-corrected chi connectivity index (χ1v) is 8.58. The van der Waals surface area contributed by atoms with Gasteiger partial charge in [0.1, 0.15) is 11.5 Å². The number of rotatable bonds is 3. The molecule has 2 aromatic carbocycles. The van der Waals surface area contributed by atoms with Crippen molar-refractivity contribution in [3.05, 3.63) is 64.8 Å². The molecule has 2 N–H and O–H groups in total. The molecule has 27 heavy (non-hydrogen) atoms. The fourth-order valence-electron chi connectivity index (χ4n) is 3.61. The number of aryl methyl sites for hydroxylation is 1. The number of anilines is 1. The summed E-state index contributed by atoms with van der Waals surface area (Å²) in [7, 11) is 5.12. The zero-order chi connectivity index (χ0) is 19.1. The van der Waals surface area contributed by atoms with Crippen LogP contribution in [-0.2, 0) is 7.05 Å². The minimum atomic E-state index is -0.108. The van der Waals surface area contributed by atoms with Gasteiger partial charge in [0.2, 0.25) is 0 Å². The van der Waals surface area contributed by atoms with Crippen LogP contribution in [0, 0.1) is 0 Å². The number of hydrogen-bond acceptors (Lipinski definition) is 4. The molecule has 0 unspecified atom stereocenters. The summed E-state index contributed by atoms with van der Waals surface area (Å²) < 4.78 is 12.7. The number of ether oxygens (including phenoxy) is 2. The van der Waals surface area contributed by atoms with Crippen LogP contribution in [0.15, 0.2) is 59.4 Å². The van der Waals surface area contributed by atoms with Crippen LogP contribution in [0.1, 0.15) is 0 Å². The largest absolute Gasteiger partial charge is 0.497 e. The maximum absolute atomic E-state index is 13.0. The highest BCUT2D eigenvalue weighted by atomic mass is 16.5. The third-order valence-corrected chi connectivity index (χ3v) is 4.97. The number of pyridine rings is 1. The molecule has 2 aromatic rings. The third-order valence-electron chi connectivity index (χ3n) is 4.97. The molecule has 1 heterocycles. The van der Waals surface area contributed by atoms with Crippen molar-refractivity contribution in [2.45, 2.75) is 0 Å². The molecule has 2 aliphatic rings. The van der Waals surface area contributed by atoms with Crippen LogP contribution >= 0.6 is 0 Å². The molecule has 0 amide bonds. The van der Waals surface area contributed by atoms with Crippen LogP contribution in [-0.4, -0.2) is 18.8 Å². The monoisotopic (exact) mass is 360 g/mol. The Balaban J connectivity index is 2.26. The van der Waals surface area contributed by atoms with Crippen molar-refractivity contribution in [3.8, 4) is 33.9 Å². The minimum Gasteiger partial charge on any atom is -0.497 e. The van der Waals surface area contributed by atoms with Crippen molar-refractivity contribution < 1.29 is 9.47 Å². The summed E-state index contributed by atoms with van der Waals surface area (Å²) in [6, 6.07) is 16.8. The number of hydrogen-bond donors (Lipinski definition) is 1. The molecule has 0 atom stereocenters. The molecule has 0 aromatic heterocycles. The van der Waals surface area contributed by atoms with Crippen molar-refractivity contribution in [1.82, 2.24) is 4.57 Å². The van der Waals surface area contributed by atoms with E-state index in [9.17, 15) is 4.79 Å². The number of aromatic nitrogens is 1. The van der Waals surface area contributed by atoms with Gasteiger partial charge in [0.15, 0.2) is 5.43 Å². The number of para-hydroxylation sites is 1. The molecule has 0 saturated carbocycles. The molecule has 5 nitrogen and oxygen atoms in total. The third kappa shape index (κ3) is 2.59. The molecular weight excluding hydrogens is 340 g/mol. The summed E-state index contributed by atoms with van der Waals surface area (Å²) in [5, 5.41) is 0.953. The molecule has 0 fully saturated rings. The van der Waals surface area contributed by atoms with E-state index in [1.54, 1.807) is 20.3 Å². The number of nitrogens with two attached hydrogens (primary N) is 1. The second-order valence-electron chi connectivity index (χ2n) is 6.42. The van der Waals surface area contributed by atoms with E-state index in [1.807, 2.05) is 54.1 Å². The van der Waals surface area contributed by atoms with E-state index < -0.39 is 0 Å². The van der Waals surface area contributed by atoms with Crippen LogP contribution in [0.25, 0.3) is 33.3 Å². The van der Waals surface area contributed by atoms with Crippen molar-refractivity contribution in [2.24, 2.45) is 7.05 Å². The van der Waals surface area contributed by atoms with Gasteiger partial charge in [0, 0.05) is 46.9 Å². The van der Waals surface area contributed by atoms with Gasteiger partial charge < -0.3 is 19.8 Å². The second kappa shape index (κ2) is 6.36. The Kier molecular flexibility index (Phi) is 4.00. The number of fused-ring (bicyclic) bond motifs is 2. The smallest absolute Gasteiger partial charge is 0.192 e. The van der Waals surface area contributed by atoms with Gasteiger partial charge in [0.25, 0.3) is 0 Å². The first-order valence-electron chi connectivity index (χ1n) is 8.58. The average Bonchev–Trinajstić information content (AvgIpc) is 2.69. The topological polar surface area (TPSA) is 66.5 Å². The summed E-state index contributed by atoms with van der Waals surface area (Å²) in [4.78, 5) is 13.0. The van der Waals surface area contributed by atoms with E-state index in [2.05, 4.69) is 0 Å². The zero-order valence-electron chi connectivity index (χ0n) is 15.4. The van der Waals surface area contributed by atoms with Crippen LogP contribution in [0.3, 0.4) is 0 Å². The van der Waals surface area contributed by atoms with E-state index in [-0.39, 0.29) is 5.43 Å². The molecule has 1 aliphatic heterocycles. The quantitative estimate of drug-likeness (QED) is 0.444. The van der Waals surface area contributed by atoms with Gasteiger partial charge in [-0.15, -0.1) is 0 Å². The molecule has 0 radical (unpaired) electrons. The van der Waals surface area contributed by atoms with E-state index in [0.29, 0.717) is 22.7 Å². The average molecular weight is 360 g/mol. The summed E-state index contributed by atoms with van der Waals surface area (Å²) in [6.07, 6.45) is 0. The second-order valence-corrected chi connectivity index (χ2v) is 6.42. The number of nitrogen functional groups attached to an aromatic ring is 1. The van der Waals surface area contributed by atoms with Gasteiger partial charge in [-0.3, -0.25) is 4.79 Å². The fraction of sp³-hybridized carbons (Fsp3) is 0.136. The molecule has 4 rings (SSSR count). The predicted molar refractivity (Wildman–Crippen MR) is 109 cm³/mol. The van der Waals surface area contributed by atoms with Gasteiger partial charge in [0.05, 0.1) is 25.5 Å². The fourth-order valence-corrected chi connectivity index (χ4v) is 3.61. The molecule has 0 saturated heterocycles. The molecule has 0 bridgehead atoms. The highest BCUT2D eigenvalue weighted by Crippen LogP contribution is 2.42. The summed E-state index contributed by atoms with van der Waals surface area (Å²) >= 11 is 0. The van der Waals surface area contributed by atoms with Crippen LogP contribution in [0.2, 0.25) is 0 Å². The van der Waals surface area contributed by atoms with E-state index >= 15 is 0 Å². The highest BCUT2D eigenvalue weighted by molar-refractivity contribution is 6.06. The first-order chi connectivity index (χ1) is 13.0. The summed E-state index contributed by atoms with van der Waals surface area (Å²) in [5.41, 5.74) is 10.8. The maximum Gasteiger partial charge on any atom is 0.192 e. The lowest BCUT2D eigenvalue weighted by Crippen LogP contribution is -2.13. The van der Waals surface area contributed by atoms with Crippen molar-refractivity contribution >= 4 is 16.6 Å². The predicted octanol–water partition coefficient (Wildman–Crippen LogP) is 3.91. The zero-order valence-corrected chi connectivity index (χ0v) is 15.4. The Morgan fingerprint density at radius 3 is 2.37 bits per heavy atom. The van der Waals surface area contributed by atoms with Crippen molar-refractivity contribution in [1.29, 1.82) is 0 Å². The lowest BCUT2D eigenvalue weighted by atomic mass is 9.90. The van der Waals surface area contributed by atoms with Crippen LogP contribution < -0.4 is 20.6 Å². The summed E-state index contributed by atoms with van der Waals surface area (Å²) in [5.74, 6) is 1.22. The van der Waals surface area contributed by atoms with Gasteiger partial charge in [-0.25, -0.2) is 0 Å². The van der Waals surface area contributed by atoms with E-state index in [0.717, 1.165) is 27.7 Å². The standard InChI is InChI=1S/C22H20N2O3/c1-24-18-7-5-4-6-15(18)21(16-10-13(26-2)8-9-17(16)23)22-19(24)11-14(27-3)12-20(22)25/h4-12H,23H2,1-3H3. The Bertz CT molecular complexity index is 1190. The molecule has 5 heteroatoms. The van der Waals surface area contributed by atoms with Crippen LogP contribution in [0.5, 0.6) is 11.5 Å². The highest BCUT2D eigenvalue weighted by Gasteiger charge is 2.22. The van der Waals surface area contributed by atoms with E-state index in [4.69, 9.17) is 15.2 Å². The minimum absolute atomic E-state index is 0.108. The molecule has 136 valence electrons. The van der Waals surface area contributed by atoms with Crippen molar-refractivity contribution in [3.63, 3.8) is 0 Å².